The molecule has 1 heterocycles. The molecule has 0 amide bonds. The van der Waals surface area contributed by atoms with Gasteiger partial charge in [-0.25, -0.2) is 0 Å². The van der Waals surface area contributed by atoms with Gasteiger partial charge in [0.15, 0.2) is 0 Å². The minimum atomic E-state index is 0.456. The molecule has 0 bridgehead atoms. The smallest absolute Gasteiger partial charge is 0.135 e. The Morgan fingerprint density at radius 1 is 1.25 bits per heavy atom. The standard InChI is InChI=1S/C17H25NO2/c1-4-5-10-19-12-17-15(11-18-13(2)3)14-8-6-7-9-16(14)20-17/h6-9,13,18H,4-5,10-12H2,1-3H3. The van der Waals surface area contributed by atoms with Gasteiger partial charge in [0.05, 0.1) is 0 Å². The van der Waals surface area contributed by atoms with Crippen LogP contribution in [0.3, 0.4) is 0 Å². The molecule has 1 aromatic carbocycles. The van der Waals surface area contributed by atoms with Gasteiger partial charge in [0.2, 0.25) is 0 Å². The number of nitrogens with one attached hydrogen (secondary N) is 1. The Labute approximate surface area is 121 Å². The first-order valence-electron chi connectivity index (χ1n) is 7.52. The van der Waals surface area contributed by atoms with Crippen molar-refractivity contribution in [3.05, 3.63) is 35.6 Å². The van der Waals surface area contributed by atoms with Crippen molar-refractivity contribution < 1.29 is 9.15 Å². The van der Waals surface area contributed by atoms with E-state index in [1.807, 2.05) is 12.1 Å². The van der Waals surface area contributed by atoms with Gasteiger partial charge >= 0.3 is 0 Å². The van der Waals surface area contributed by atoms with Crippen LogP contribution < -0.4 is 5.32 Å². The van der Waals surface area contributed by atoms with E-state index in [0.717, 1.165) is 37.3 Å². The maximum absolute atomic E-state index is 5.95. The van der Waals surface area contributed by atoms with Crippen molar-refractivity contribution >= 4 is 11.0 Å². The largest absolute Gasteiger partial charge is 0.458 e. The lowest BCUT2D eigenvalue weighted by Gasteiger charge is -2.09. The van der Waals surface area contributed by atoms with Gasteiger partial charge in [-0.1, -0.05) is 45.4 Å². The molecule has 110 valence electrons. The first-order chi connectivity index (χ1) is 9.72. The van der Waals surface area contributed by atoms with Gasteiger partial charge in [0.25, 0.3) is 0 Å². The van der Waals surface area contributed by atoms with E-state index in [1.54, 1.807) is 0 Å². The van der Waals surface area contributed by atoms with E-state index in [0.29, 0.717) is 12.6 Å². The van der Waals surface area contributed by atoms with Gasteiger partial charge in [-0.2, -0.15) is 0 Å². The van der Waals surface area contributed by atoms with Crippen LogP contribution in [-0.4, -0.2) is 12.6 Å². The molecule has 3 nitrogen and oxygen atoms in total. The van der Waals surface area contributed by atoms with Gasteiger partial charge in [-0.05, 0) is 12.5 Å². The average Bonchev–Trinajstić information content (AvgIpc) is 2.79. The van der Waals surface area contributed by atoms with E-state index in [2.05, 4.69) is 38.2 Å². The van der Waals surface area contributed by atoms with Crippen molar-refractivity contribution in [3.8, 4) is 0 Å². The van der Waals surface area contributed by atoms with Crippen molar-refractivity contribution in [1.29, 1.82) is 0 Å². The summed E-state index contributed by atoms with van der Waals surface area (Å²) < 4.78 is 11.7. The molecule has 2 rings (SSSR count). The average molecular weight is 275 g/mol. The van der Waals surface area contributed by atoms with Crippen LogP contribution in [0.4, 0.5) is 0 Å². The Bertz CT molecular complexity index is 531. The fourth-order valence-electron chi connectivity index (χ4n) is 2.18. The topological polar surface area (TPSA) is 34.4 Å². The summed E-state index contributed by atoms with van der Waals surface area (Å²) in [4.78, 5) is 0. The Morgan fingerprint density at radius 2 is 2.05 bits per heavy atom. The molecule has 0 unspecified atom stereocenters. The predicted octanol–water partition coefficient (Wildman–Crippen LogP) is 4.25. The third-order valence-corrected chi connectivity index (χ3v) is 3.34. The summed E-state index contributed by atoms with van der Waals surface area (Å²) in [6.07, 6.45) is 2.25. The van der Waals surface area contributed by atoms with Crippen LogP contribution >= 0.6 is 0 Å². The SMILES string of the molecule is CCCCOCc1oc2ccccc2c1CNC(C)C. The minimum Gasteiger partial charge on any atom is -0.458 e. The predicted molar refractivity (Wildman–Crippen MR) is 82.8 cm³/mol. The minimum absolute atomic E-state index is 0.456. The van der Waals surface area contributed by atoms with Crippen LogP contribution in [0, 0.1) is 0 Å². The molecule has 0 fully saturated rings. The monoisotopic (exact) mass is 275 g/mol. The second kappa shape index (κ2) is 7.46. The number of hydrogen-bond acceptors (Lipinski definition) is 3. The third kappa shape index (κ3) is 3.84. The molecule has 0 aliphatic heterocycles. The van der Waals surface area contributed by atoms with E-state index in [9.17, 15) is 0 Å². The van der Waals surface area contributed by atoms with E-state index < -0.39 is 0 Å². The van der Waals surface area contributed by atoms with Gasteiger partial charge in [0.1, 0.15) is 18.0 Å². The summed E-state index contributed by atoms with van der Waals surface area (Å²) in [5.41, 5.74) is 2.17. The van der Waals surface area contributed by atoms with Crippen molar-refractivity contribution in [3.63, 3.8) is 0 Å². The van der Waals surface area contributed by atoms with Crippen molar-refractivity contribution in [2.75, 3.05) is 6.61 Å². The van der Waals surface area contributed by atoms with E-state index in [-0.39, 0.29) is 0 Å². The Morgan fingerprint density at radius 3 is 2.80 bits per heavy atom. The third-order valence-electron chi connectivity index (χ3n) is 3.34. The second-order valence-electron chi connectivity index (χ2n) is 5.44. The number of benzene rings is 1. The fourth-order valence-corrected chi connectivity index (χ4v) is 2.18. The maximum Gasteiger partial charge on any atom is 0.135 e. The van der Waals surface area contributed by atoms with Gasteiger partial charge < -0.3 is 14.5 Å². The molecule has 0 aliphatic rings. The van der Waals surface area contributed by atoms with Gasteiger partial charge in [-0.15, -0.1) is 0 Å². The highest BCUT2D eigenvalue weighted by atomic mass is 16.5. The number of unbranched alkanes of at least 4 members (excludes halogenated alkanes) is 1. The molecule has 0 saturated carbocycles. The van der Waals surface area contributed by atoms with Gasteiger partial charge in [0, 0.05) is 30.1 Å². The Hall–Kier alpha value is -1.32. The highest BCUT2D eigenvalue weighted by Crippen LogP contribution is 2.26. The summed E-state index contributed by atoms with van der Waals surface area (Å²) in [7, 11) is 0. The lowest BCUT2D eigenvalue weighted by atomic mass is 10.1. The lowest BCUT2D eigenvalue weighted by Crippen LogP contribution is -2.22. The van der Waals surface area contributed by atoms with E-state index in [4.69, 9.17) is 9.15 Å². The zero-order chi connectivity index (χ0) is 14.4. The molecular formula is C17H25NO2. The Kier molecular flexibility index (Phi) is 5.62. The molecule has 0 atom stereocenters. The lowest BCUT2D eigenvalue weighted by molar-refractivity contribution is 0.104. The molecule has 20 heavy (non-hydrogen) atoms. The first-order valence-corrected chi connectivity index (χ1v) is 7.52. The number of hydrogen-bond donors (Lipinski definition) is 1. The zero-order valence-electron chi connectivity index (χ0n) is 12.7. The zero-order valence-corrected chi connectivity index (χ0v) is 12.7. The fraction of sp³-hybridized carbons (Fsp3) is 0.529. The van der Waals surface area contributed by atoms with Crippen molar-refractivity contribution in [1.82, 2.24) is 5.32 Å². The number of rotatable bonds is 8. The number of furan rings is 1. The molecular weight excluding hydrogens is 250 g/mol. The molecule has 2 aromatic rings. The molecule has 0 saturated heterocycles. The Balaban J connectivity index is 2.15. The summed E-state index contributed by atoms with van der Waals surface area (Å²) in [5.74, 6) is 0.954. The number of para-hydroxylation sites is 1. The number of ether oxygens (including phenoxy) is 1. The second-order valence-corrected chi connectivity index (χ2v) is 5.44. The molecule has 0 spiro atoms. The summed E-state index contributed by atoms with van der Waals surface area (Å²) >= 11 is 0. The van der Waals surface area contributed by atoms with Crippen molar-refractivity contribution in [2.24, 2.45) is 0 Å². The molecule has 0 aliphatic carbocycles. The van der Waals surface area contributed by atoms with Crippen LogP contribution in [0.2, 0.25) is 0 Å². The summed E-state index contributed by atoms with van der Waals surface area (Å²) in [5, 5.41) is 4.66. The highest BCUT2D eigenvalue weighted by Gasteiger charge is 2.13. The highest BCUT2D eigenvalue weighted by molar-refractivity contribution is 5.82. The first kappa shape index (κ1) is 15.1. The molecule has 1 aromatic heterocycles. The number of fused-ring (bicyclic) bond motifs is 1. The van der Waals surface area contributed by atoms with E-state index >= 15 is 0 Å². The molecule has 0 radical (unpaired) electrons. The quantitative estimate of drug-likeness (QED) is 0.731. The molecule has 1 N–H and O–H groups in total. The van der Waals surface area contributed by atoms with Gasteiger partial charge in [-0.3, -0.25) is 0 Å². The van der Waals surface area contributed by atoms with Crippen LogP contribution in [0.25, 0.3) is 11.0 Å². The van der Waals surface area contributed by atoms with Crippen LogP contribution in [0.5, 0.6) is 0 Å². The summed E-state index contributed by atoms with van der Waals surface area (Å²) in [6, 6.07) is 8.65. The van der Waals surface area contributed by atoms with Crippen molar-refractivity contribution in [2.45, 2.75) is 52.8 Å². The van der Waals surface area contributed by atoms with Crippen LogP contribution in [0.1, 0.15) is 44.9 Å². The molecule has 3 heteroatoms. The van der Waals surface area contributed by atoms with E-state index in [1.165, 1.54) is 10.9 Å². The van der Waals surface area contributed by atoms with Crippen LogP contribution in [0.15, 0.2) is 28.7 Å². The normalized spacial score (nSPS) is 11.6. The van der Waals surface area contributed by atoms with Crippen LogP contribution in [-0.2, 0) is 17.9 Å². The summed E-state index contributed by atoms with van der Waals surface area (Å²) in [6.45, 7) is 8.65. The maximum atomic E-state index is 5.95.